The van der Waals surface area contributed by atoms with Crippen LogP contribution in [-0.4, -0.2) is 20.5 Å². The Morgan fingerprint density at radius 2 is 2.17 bits per heavy atom. The van der Waals surface area contributed by atoms with Crippen LogP contribution < -0.4 is 0 Å². The molecule has 0 radical (unpaired) electrons. The van der Waals surface area contributed by atoms with Crippen LogP contribution >= 0.6 is 0 Å². The third-order valence-corrected chi connectivity index (χ3v) is 3.75. The number of carboxylic acids is 1. The van der Waals surface area contributed by atoms with Crippen LogP contribution in [0.5, 0.6) is 0 Å². The second-order valence-corrected chi connectivity index (χ2v) is 5.06. The van der Waals surface area contributed by atoms with Gasteiger partial charge < -0.3 is 5.11 Å². The Kier molecular flexibility index (Phi) is 2.58. The number of pyridine rings is 1. The molecule has 4 nitrogen and oxygen atoms in total. The molecule has 0 spiro atoms. The molecular formula is C14H16N2O2. The predicted octanol–water partition coefficient (Wildman–Crippen LogP) is 3.00. The first-order valence-corrected chi connectivity index (χ1v) is 6.38. The van der Waals surface area contributed by atoms with E-state index in [9.17, 15) is 9.90 Å². The Morgan fingerprint density at radius 1 is 1.44 bits per heavy atom. The van der Waals surface area contributed by atoms with E-state index in [1.807, 2.05) is 19.1 Å². The Bertz CT molecular complexity index is 610. The van der Waals surface area contributed by atoms with Crippen LogP contribution in [0.2, 0.25) is 0 Å². The maximum absolute atomic E-state index is 11.5. The summed E-state index contributed by atoms with van der Waals surface area (Å²) >= 11 is 0. The van der Waals surface area contributed by atoms with Gasteiger partial charge in [-0.15, -0.1) is 0 Å². The number of nitrogens with zero attached hydrogens (tertiary/aromatic N) is 2. The molecule has 0 saturated heterocycles. The largest absolute Gasteiger partial charge is 0.477 e. The van der Waals surface area contributed by atoms with Crippen molar-refractivity contribution in [1.82, 2.24) is 9.38 Å². The van der Waals surface area contributed by atoms with E-state index in [0.29, 0.717) is 11.6 Å². The summed E-state index contributed by atoms with van der Waals surface area (Å²) in [4.78, 5) is 16.0. The van der Waals surface area contributed by atoms with Crippen LogP contribution in [-0.2, 0) is 0 Å². The van der Waals surface area contributed by atoms with Crippen LogP contribution in [0.25, 0.3) is 5.65 Å². The van der Waals surface area contributed by atoms with Crippen molar-refractivity contribution >= 4 is 11.6 Å². The highest BCUT2D eigenvalue weighted by Gasteiger charge is 2.27. The zero-order chi connectivity index (χ0) is 12.7. The molecule has 0 bridgehead atoms. The minimum absolute atomic E-state index is 0.316. The second-order valence-electron chi connectivity index (χ2n) is 5.06. The van der Waals surface area contributed by atoms with Gasteiger partial charge in [0.25, 0.3) is 0 Å². The molecule has 1 saturated carbocycles. The van der Waals surface area contributed by atoms with Gasteiger partial charge in [0, 0.05) is 12.1 Å². The minimum Gasteiger partial charge on any atom is -0.477 e. The number of aromatic carboxylic acids is 1. The molecule has 1 aliphatic rings. The molecular weight excluding hydrogens is 228 g/mol. The maximum atomic E-state index is 11.5. The normalized spacial score (nSPS) is 16.5. The molecule has 1 N–H and O–H groups in total. The van der Waals surface area contributed by atoms with Crippen LogP contribution in [0.4, 0.5) is 0 Å². The summed E-state index contributed by atoms with van der Waals surface area (Å²) in [6.07, 6.45) is 6.28. The molecule has 0 amide bonds. The van der Waals surface area contributed by atoms with E-state index >= 15 is 0 Å². The molecule has 2 aromatic heterocycles. The SMILES string of the molecule is Cc1ccn2c(C(=O)O)c(C3CCCC3)nc2c1. The number of aromatic nitrogens is 2. The summed E-state index contributed by atoms with van der Waals surface area (Å²) in [6, 6.07) is 3.85. The smallest absolute Gasteiger partial charge is 0.354 e. The highest BCUT2D eigenvalue weighted by Crippen LogP contribution is 2.35. The van der Waals surface area contributed by atoms with Crippen LogP contribution in [0.3, 0.4) is 0 Å². The fourth-order valence-electron chi connectivity index (χ4n) is 2.86. The Hall–Kier alpha value is -1.84. The Labute approximate surface area is 105 Å². The lowest BCUT2D eigenvalue weighted by molar-refractivity contribution is 0.0687. The fourth-order valence-corrected chi connectivity index (χ4v) is 2.86. The summed E-state index contributed by atoms with van der Waals surface area (Å²) in [5.74, 6) is -0.565. The lowest BCUT2D eigenvalue weighted by Crippen LogP contribution is -2.07. The van der Waals surface area contributed by atoms with Crippen molar-refractivity contribution in [2.75, 3.05) is 0 Å². The Morgan fingerprint density at radius 3 is 2.83 bits per heavy atom. The van der Waals surface area contributed by atoms with Crippen LogP contribution in [0, 0.1) is 6.92 Å². The van der Waals surface area contributed by atoms with E-state index < -0.39 is 5.97 Å². The van der Waals surface area contributed by atoms with Crippen molar-refractivity contribution in [2.24, 2.45) is 0 Å². The predicted molar refractivity (Wildman–Crippen MR) is 68.1 cm³/mol. The zero-order valence-electron chi connectivity index (χ0n) is 10.4. The third kappa shape index (κ3) is 1.68. The average molecular weight is 244 g/mol. The zero-order valence-corrected chi connectivity index (χ0v) is 10.4. The van der Waals surface area contributed by atoms with E-state index in [0.717, 1.165) is 29.7 Å². The van der Waals surface area contributed by atoms with E-state index in [4.69, 9.17) is 0 Å². The molecule has 0 aliphatic heterocycles. The summed E-state index contributed by atoms with van der Waals surface area (Å²) < 4.78 is 1.70. The van der Waals surface area contributed by atoms with E-state index in [-0.39, 0.29) is 0 Å². The molecule has 0 atom stereocenters. The first kappa shape index (κ1) is 11.3. The Balaban J connectivity index is 2.22. The van der Waals surface area contributed by atoms with E-state index in [1.165, 1.54) is 12.8 Å². The molecule has 94 valence electrons. The quantitative estimate of drug-likeness (QED) is 0.883. The molecule has 2 aromatic rings. The number of carboxylic acid groups (broad SMARTS) is 1. The third-order valence-electron chi connectivity index (χ3n) is 3.75. The molecule has 1 fully saturated rings. The first-order chi connectivity index (χ1) is 8.66. The number of aryl methyl sites for hydroxylation is 1. The summed E-state index contributed by atoms with van der Waals surface area (Å²) in [7, 11) is 0. The van der Waals surface area contributed by atoms with Crippen molar-refractivity contribution in [2.45, 2.75) is 38.5 Å². The van der Waals surface area contributed by atoms with E-state index in [1.54, 1.807) is 10.6 Å². The van der Waals surface area contributed by atoms with Crippen LogP contribution in [0.15, 0.2) is 18.3 Å². The van der Waals surface area contributed by atoms with Crippen molar-refractivity contribution in [3.63, 3.8) is 0 Å². The molecule has 18 heavy (non-hydrogen) atoms. The van der Waals surface area contributed by atoms with Gasteiger partial charge >= 0.3 is 5.97 Å². The number of hydrogen-bond donors (Lipinski definition) is 1. The number of rotatable bonds is 2. The van der Waals surface area contributed by atoms with Crippen molar-refractivity contribution in [1.29, 1.82) is 0 Å². The van der Waals surface area contributed by atoms with Gasteiger partial charge in [0.05, 0.1) is 5.69 Å². The molecule has 1 aliphatic carbocycles. The number of hydrogen-bond acceptors (Lipinski definition) is 2. The van der Waals surface area contributed by atoms with Gasteiger partial charge in [-0.25, -0.2) is 9.78 Å². The monoisotopic (exact) mass is 244 g/mol. The van der Waals surface area contributed by atoms with Gasteiger partial charge in [-0.2, -0.15) is 0 Å². The number of carbonyl (C=O) groups is 1. The molecule has 2 heterocycles. The fraction of sp³-hybridized carbons (Fsp3) is 0.429. The average Bonchev–Trinajstić information content (AvgIpc) is 2.93. The summed E-state index contributed by atoms with van der Waals surface area (Å²) in [5.41, 5.74) is 2.96. The summed E-state index contributed by atoms with van der Waals surface area (Å²) in [6.45, 7) is 1.99. The number of imidazole rings is 1. The molecule has 0 unspecified atom stereocenters. The van der Waals surface area contributed by atoms with Gasteiger partial charge in [-0.3, -0.25) is 4.40 Å². The molecule has 4 heteroatoms. The topological polar surface area (TPSA) is 54.6 Å². The highest BCUT2D eigenvalue weighted by molar-refractivity contribution is 5.88. The molecule has 0 aromatic carbocycles. The standard InChI is InChI=1S/C14H16N2O2/c1-9-6-7-16-11(8-9)15-12(13(16)14(17)18)10-4-2-3-5-10/h6-8,10H,2-5H2,1H3,(H,17,18). The van der Waals surface area contributed by atoms with Gasteiger partial charge in [0.15, 0.2) is 5.69 Å². The highest BCUT2D eigenvalue weighted by atomic mass is 16.4. The number of fused-ring (bicyclic) bond motifs is 1. The second kappa shape index (κ2) is 4.12. The van der Waals surface area contributed by atoms with Crippen molar-refractivity contribution in [3.8, 4) is 0 Å². The van der Waals surface area contributed by atoms with Gasteiger partial charge in [0.2, 0.25) is 0 Å². The van der Waals surface area contributed by atoms with Gasteiger partial charge in [-0.05, 0) is 37.5 Å². The first-order valence-electron chi connectivity index (χ1n) is 6.38. The minimum atomic E-state index is -0.881. The van der Waals surface area contributed by atoms with Gasteiger partial charge in [0.1, 0.15) is 5.65 Å². The van der Waals surface area contributed by atoms with E-state index in [2.05, 4.69) is 4.98 Å². The van der Waals surface area contributed by atoms with Crippen molar-refractivity contribution in [3.05, 3.63) is 35.3 Å². The lowest BCUT2D eigenvalue weighted by Gasteiger charge is -2.06. The summed E-state index contributed by atoms with van der Waals surface area (Å²) in [5, 5.41) is 9.42. The molecule has 3 rings (SSSR count). The maximum Gasteiger partial charge on any atom is 0.354 e. The van der Waals surface area contributed by atoms with Crippen molar-refractivity contribution < 1.29 is 9.90 Å². The van der Waals surface area contributed by atoms with Crippen LogP contribution in [0.1, 0.15) is 53.3 Å². The van der Waals surface area contributed by atoms with Gasteiger partial charge in [-0.1, -0.05) is 12.8 Å². The lowest BCUT2D eigenvalue weighted by atomic mass is 10.0.